The van der Waals surface area contributed by atoms with Gasteiger partial charge in [-0.05, 0) is 90.0 Å². The molecular formula is C48H28OS. The third-order valence-corrected chi connectivity index (χ3v) is 11.6. The molecule has 11 rings (SSSR count). The molecule has 0 spiro atoms. The Morgan fingerprint density at radius 1 is 0.320 bits per heavy atom. The van der Waals surface area contributed by atoms with Crippen LogP contribution in [0, 0.1) is 0 Å². The van der Waals surface area contributed by atoms with Gasteiger partial charge in [0, 0.05) is 30.9 Å². The molecule has 0 fully saturated rings. The Labute approximate surface area is 292 Å². The average molecular weight is 653 g/mol. The molecule has 0 aliphatic rings. The van der Waals surface area contributed by atoms with E-state index in [1.807, 2.05) is 11.3 Å². The van der Waals surface area contributed by atoms with Crippen molar-refractivity contribution in [2.24, 2.45) is 0 Å². The summed E-state index contributed by atoms with van der Waals surface area (Å²) in [5.74, 6) is 0. The van der Waals surface area contributed by atoms with Crippen molar-refractivity contribution in [2.45, 2.75) is 0 Å². The van der Waals surface area contributed by atoms with E-state index in [9.17, 15) is 0 Å². The van der Waals surface area contributed by atoms with Gasteiger partial charge in [-0.3, -0.25) is 0 Å². The molecule has 0 aliphatic heterocycles. The van der Waals surface area contributed by atoms with Crippen LogP contribution in [0.2, 0.25) is 0 Å². The van der Waals surface area contributed by atoms with Crippen molar-refractivity contribution < 1.29 is 4.42 Å². The van der Waals surface area contributed by atoms with Crippen LogP contribution in [0.15, 0.2) is 174 Å². The quantitative estimate of drug-likeness (QED) is 0.173. The number of fused-ring (bicyclic) bond motifs is 11. The van der Waals surface area contributed by atoms with Gasteiger partial charge in [-0.2, -0.15) is 0 Å². The van der Waals surface area contributed by atoms with Gasteiger partial charge in [0.25, 0.3) is 0 Å². The van der Waals surface area contributed by atoms with Crippen LogP contribution in [0.3, 0.4) is 0 Å². The molecule has 2 heteroatoms. The first-order valence-electron chi connectivity index (χ1n) is 17.1. The van der Waals surface area contributed by atoms with Crippen LogP contribution in [0.4, 0.5) is 0 Å². The van der Waals surface area contributed by atoms with Gasteiger partial charge < -0.3 is 4.42 Å². The second-order valence-corrected chi connectivity index (χ2v) is 14.2. The number of furan rings is 1. The summed E-state index contributed by atoms with van der Waals surface area (Å²) in [6.45, 7) is 0. The van der Waals surface area contributed by atoms with E-state index in [-0.39, 0.29) is 0 Å². The summed E-state index contributed by atoms with van der Waals surface area (Å²) in [6, 6.07) is 61.8. The fourth-order valence-corrected chi connectivity index (χ4v) is 9.46. The first kappa shape index (κ1) is 27.7. The van der Waals surface area contributed by atoms with Gasteiger partial charge in [-0.15, -0.1) is 11.3 Å². The molecule has 11 aromatic rings. The smallest absolute Gasteiger partial charge is 0.136 e. The van der Waals surface area contributed by atoms with E-state index in [1.165, 1.54) is 96.6 Å². The summed E-state index contributed by atoms with van der Waals surface area (Å²) in [7, 11) is 0. The summed E-state index contributed by atoms with van der Waals surface area (Å²) < 4.78 is 9.29. The molecule has 0 aliphatic carbocycles. The molecule has 9 aromatic carbocycles. The Morgan fingerprint density at radius 2 is 0.840 bits per heavy atom. The third kappa shape index (κ3) is 3.94. The van der Waals surface area contributed by atoms with Crippen molar-refractivity contribution in [2.75, 3.05) is 0 Å². The van der Waals surface area contributed by atoms with Crippen molar-refractivity contribution >= 4 is 85.8 Å². The van der Waals surface area contributed by atoms with Crippen molar-refractivity contribution in [3.05, 3.63) is 170 Å². The Morgan fingerprint density at radius 3 is 1.50 bits per heavy atom. The standard InChI is InChI=1S/C48H28OS/c1-2-12-30(13-3-1)44-34-16-6-8-18-36(34)45(37-19-9-7-17-35(37)44)31-24-22-29(23-25-31)39-28-41-46(33-15-5-4-14-32(33)39)48-40(49-41)26-27-43-47(48)38-20-10-11-21-42(38)50-43/h1-28H. The molecule has 0 bridgehead atoms. The average Bonchev–Trinajstić information content (AvgIpc) is 3.75. The van der Waals surface area contributed by atoms with Gasteiger partial charge in [-0.1, -0.05) is 146 Å². The summed E-state index contributed by atoms with van der Waals surface area (Å²) in [5.41, 5.74) is 9.22. The normalized spacial score (nSPS) is 12.0. The fourth-order valence-electron chi connectivity index (χ4n) is 8.35. The fraction of sp³-hybridized carbons (Fsp3) is 0. The Bertz CT molecular complexity index is 3070. The number of rotatable bonds is 3. The number of benzene rings is 9. The summed E-state index contributed by atoms with van der Waals surface area (Å²) >= 11 is 1.85. The zero-order valence-corrected chi connectivity index (χ0v) is 27.8. The Hall–Kier alpha value is -6.22. The molecule has 0 N–H and O–H groups in total. The number of thiophene rings is 1. The third-order valence-electron chi connectivity index (χ3n) is 10.5. The molecule has 0 amide bonds. The first-order chi connectivity index (χ1) is 24.8. The van der Waals surface area contributed by atoms with E-state index in [1.54, 1.807) is 0 Å². The predicted octanol–water partition coefficient (Wildman–Crippen LogP) is 14.4. The maximum Gasteiger partial charge on any atom is 0.136 e. The van der Waals surface area contributed by atoms with Crippen molar-refractivity contribution in [1.29, 1.82) is 0 Å². The van der Waals surface area contributed by atoms with Gasteiger partial charge >= 0.3 is 0 Å². The molecule has 2 heterocycles. The minimum atomic E-state index is 0.925. The van der Waals surface area contributed by atoms with Crippen molar-refractivity contribution in [1.82, 2.24) is 0 Å². The van der Waals surface area contributed by atoms with E-state index in [0.29, 0.717) is 0 Å². The molecule has 232 valence electrons. The van der Waals surface area contributed by atoms with Crippen LogP contribution >= 0.6 is 11.3 Å². The molecule has 0 atom stereocenters. The van der Waals surface area contributed by atoms with Gasteiger partial charge in [-0.25, -0.2) is 0 Å². The maximum atomic E-state index is 6.69. The lowest BCUT2D eigenvalue weighted by Gasteiger charge is -2.18. The van der Waals surface area contributed by atoms with Crippen LogP contribution in [0.1, 0.15) is 0 Å². The largest absolute Gasteiger partial charge is 0.456 e. The predicted molar refractivity (Wildman–Crippen MR) is 215 cm³/mol. The molecule has 50 heavy (non-hydrogen) atoms. The highest BCUT2D eigenvalue weighted by Gasteiger charge is 2.20. The second kappa shape index (κ2) is 10.6. The zero-order chi connectivity index (χ0) is 32.8. The van der Waals surface area contributed by atoms with Crippen molar-refractivity contribution in [3.63, 3.8) is 0 Å². The second-order valence-electron chi connectivity index (χ2n) is 13.1. The van der Waals surface area contributed by atoms with E-state index < -0.39 is 0 Å². The van der Waals surface area contributed by atoms with Gasteiger partial charge in [0.05, 0.1) is 0 Å². The van der Waals surface area contributed by atoms with Gasteiger partial charge in [0.15, 0.2) is 0 Å². The molecule has 0 saturated carbocycles. The highest BCUT2D eigenvalue weighted by atomic mass is 32.1. The lowest BCUT2D eigenvalue weighted by molar-refractivity contribution is 0.669. The first-order valence-corrected chi connectivity index (χ1v) is 17.9. The highest BCUT2D eigenvalue weighted by Crippen LogP contribution is 2.47. The van der Waals surface area contributed by atoms with E-state index in [4.69, 9.17) is 4.42 Å². The molecule has 0 saturated heterocycles. The molecule has 0 radical (unpaired) electrons. The number of hydrogen-bond donors (Lipinski definition) is 0. The lowest BCUT2D eigenvalue weighted by atomic mass is 9.85. The van der Waals surface area contributed by atoms with Crippen molar-refractivity contribution in [3.8, 4) is 33.4 Å². The Balaban J connectivity index is 1.13. The zero-order valence-electron chi connectivity index (χ0n) is 27.0. The van der Waals surface area contributed by atoms with E-state index >= 15 is 0 Å². The molecule has 2 aromatic heterocycles. The summed E-state index contributed by atoms with van der Waals surface area (Å²) in [4.78, 5) is 0. The SMILES string of the molecule is c1ccc(-c2c3ccccc3c(-c3ccc(-c4cc5oc6ccc7sc8ccccc8c7c6c5c5ccccc45)cc3)c3ccccc23)cc1. The maximum absolute atomic E-state index is 6.69. The number of hydrogen-bond acceptors (Lipinski definition) is 2. The highest BCUT2D eigenvalue weighted by molar-refractivity contribution is 7.26. The van der Waals surface area contributed by atoms with Crippen LogP contribution < -0.4 is 0 Å². The van der Waals surface area contributed by atoms with Gasteiger partial charge in [0.1, 0.15) is 11.2 Å². The van der Waals surface area contributed by atoms with Gasteiger partial charge in [0.2, 0.25) is 0 Å². The topological polar surface area (TPSA) is 13.1 Å². The van der Waals surface area contributed by atoms with Crippen LogP contribution in [-0.4, -0.2) is 0 Å². The summed E-state index contributed by atoms with van der Waals surface area (Å²) in [5, 5.41) is 12.5. The van der Waals surface area contributed by atoms with Crippen LogP contribution in [0.25, 0.3) is 108 Å². The minimum absolute atomic E-state index is 0.925. The van der Waals surface area contributed by atoms with E-state index in [0.717, 1.165) is 11.2 Å². The van der Waals surface area contributed by atoms with Crippen LogP contribution in [-0.2, 0) is 0 Å². The van der Waals surface area contributed by atoms with Crippen LogP contribution in [0.5, 0.6) is 0 Å². The Kier molecular flexibility index (Phi) is 5.89. The lowest BCUT2D eigenvalue weighted by Crippen LogP contribution is -1.91. The molecule has 1 nitrogen and oxygen atoms in total. The summed E-state index contributed by atoms with van der Waals surface area (Å²) in [6.07, 6.45) is 0. The molecule has 0 unspecified atom stereocenters. The van der Waals surface area contributed by atoms with E-state index in [2.05, 4.69) is 170 Å². The minimum Gasteiger partial charge on any atom is -0.456 e. The molecular weight excluding hydrogens is 625 g/mol. The monoisotopic (exact) mass is 652 g/mol.